The molecule has 0 bridgehead atoms. The number of carbonyl (C=O) groups excluding carboxylic acids is 2. The second kappa shape index (κ2) is 5.69. The molecule has 6 heteroatoms. The number of carbonyl (C=O) groups is 2. The highest BCUT2D eigenvalue weighted by atomic mass is 35.5. The van der Waals surface area contributed by atoms with Crippen LogP contribution in [0.4, 0.5) is 16.2 Å². The van der Waals surface area contributed by atoms with Gasteiger partial charge in [-0.05, 0) is 23.8 Å². The normalized spacial score (nSPS) is 16.2. The molecule has 3 rings (SSSR count). The number of benzene rings is 2. The summed E-state index contributed by atoms with van der Waals surface area (Å²) in [6.07, 6.45) is 0.418. The van der Waals surface area contributed by atoms with E-state index in [0.29, 0.717) is 22.8 Å². The monoisotopic (exact) mass is 315 g/mol. The van der Waals surface area contributed by atoms with Crippen molar-refractivity contribution in [3.8, 4) is 0 Å². The number of amides is 3. The predicted molar refractivity (Wildman–Crippen MR) is 86.1 cm³/mol. The van der Waals surface area contributed by atoms with Gasteiger partial charge in [0.1, 0.15) is 6.04 Å². The quantitative estimate of drug-likeness (QED) is 0.894. The van der Waals surface area contributed by atoms with Gasteiger partial charge in [-0.1, -0.05) is 41.9 Å². The van der Waals surface area contributed by atoms with Gasteiger partial charge < -0.3 is 11.1 Å². The van der Waals surface area contributed by atoms with Crippen LogP contribution in [0.5, 0.6) is 0 Å². The van der Waals surface area contributed by atoms with Gasteiger partial charge in [-0.25, -0.2) is 4.79 Å². The first-order valence-electron chi connectivity index (χ1n) is 6.80. The molecule has 2 aromatic rings. The average molecular weight is 316 g/mol. The van der Waals surface area contributed by atoms with Crippen LogP contribution in [0.15, 0.2) is 48.5 Å². The van der Waals surface area contributed by atoms with Crippen LogP contribution in [0.25, 0.3) is 0 Å². The van der Waals surface area contributed by atoms with Gasteiger partial charge in [0.05, 0.1) is 10.7 Å². The lowest BCUT2D eigenvalue weighted by atomic mass is 10.1. The molecule has 0 radical (unpaired) electrons. The molecule has 3 amide bonds. The fraction of sp³-hybridized carbons (Fsp3) is 0.125. The zero-order valence-electron chi connectivity index (χ0n) is 11.6. The molecule has 0 spiro atoms. The maximum Gasteiger partial charge on any atom is 0.327 e. The summed E-state index contributed by atoms with van der Waals surface area (Å²) in [7, 11) is 0. The lowest BCUT2D eigenvalue weighted by Crippen LogP contribution is -2.47. The van der Waals surface area contributed by atoms with Gasteiger partial charge in [0.25, 0.3) is 0 Å². The zero-order chi connectivity index (χ0) is 15.7. The van der Waals surface area contributed by atoms with E-state index in [9.17, 15) is 9.59 Å². The number of primary amides is 1. The Kier molecular flexibility index (Phi) is 3.73. The van der Waals surface area contributed by atoms with E-state index in [2.05, 4.69) is 5.32 Å². The Labute approximate surface area is 132 Å². The lowest BCUT2D eigenvalue weighted by molar-refractivity contribution is -0.119. The van der Waals surface area contributed by atoms with E-state index in [1.807, 2.05) is 18.2 Å². The molecule has 0 saturated carbocycles. The standard InChI is InChI=1S/C16H14ClN3O2/c17-11-6-2-3-7-12(11)19-16(22)20-13-8-4-1-5-10(13)9-14(20)15(18)21/h1-8,14H,9H2,(H2,18,21)(H,19,22)/t14-/m0/s1. The van der Waals surface area contributed by atoms with Crippen molar-refractivity contribution in [2.75, 3.05) is 10.2 Å². The fourth-order valence-corrected chi connectivity index (χ4v) is 2.79. The van der Waals surface area contributed by atoms with Crippen molar-refractivity contribution >= 4 is 34.9 Å². The van der Waals surface area contributed by atoms with Gasteiger partial charge in [0.2, 0.25) is 5.91 Å². The Bertz CT molecular complexity index is 748. The SMILES string of the molecule is NC(=O)[C@@H]1Cc2ccccc2N1C(=O)Nc1ccccc1Cl. The molecule has 3 N–H and O–H groups in total. The Hall–Kier alpha value is -2.53. The van der Waals surface area contributed by atoms with Gasteiger partial charge in [-0.3, -0.25) is 9.69 Å². The van der Waals surface area contributed by atoms with E-state index in [1.165, 1.54) is 4.90 Å². The first-order valence-corrected chi connectivity index (χ1v) is 7.17. The maximum absolute atomic E-state index is 12.6. The summed E-state index contributed by atoms with van der Waals surface area (Å²) < 4.78 is 0. The van der Waals surface area contributed by atoms with Crippen molar-refractivity contribution < 1.29 is 9.59 Å². The summed E-state index contributed by atoms with van der Waals surface area (Å²) in [5.41, 5.74) is 7.54. The third-order valence-electron chi connectivity index (χ3n) is 3.64. The summed E-state index contributed by atoms with van der Waals surface area (Å²) in [6.45, 7) is 0. The number of hydrogen-bond donors (Lipinski definition) is 2. The van der Waals surface area contributed by atoms with Crippen LogP contribution < -0.4 is 16.0 Å². The van der Waals surface area contributed by atoms with Gasteiger partial charge in [0.15, 0.2) is 0 Å². The molecule has 1 aliphatic rings. The summed E-state index contributed by atoms with van der Waals surface area (Å²) in [5.74, 6) is -0.537. The number of halogens is 1. The number of para-hydroxylation sites is 2. The Morgan fingerprint density at radius 1 is 1.14 bits per heavy atom. The minimum atomic E-state index is -0.695. The van der Waals surface area contributed by atoms with Crippen molar-refractivity contribution in [2.45, 2.75) is 12.5 Å². The van der Waals surface area contributed by atoms with Crippen LogP contribution in [0.2, 0.25) is 5.02 Å². The molecular weight excluding hydrogens is 302 g/mol. The van der Waals surface area contributed by atoms with E-state index >= 15 is 0 Å². The molecular formula is C16H14ClN3O2. The van der Waals surface area contributed by atoms with Crippen molar-refractivity contribution in [2.24, 2.45) is 5.73 Å². The Balaban J connectivity index is 1.92. The minimum absolute atomic E-state index is 0.418. The molecule has 0 unspecified atom stereocenters. The number of nitrogens with zero attached hydrogens (tertiary/aromatic N) is 1. The van der Waals surface area contributed by atoms with Crippen LogP contribution in [-0.2, 0) is 11.2 Å². The first kappa shape index (κ1) is 14.4. The van der Waals surface area contributed by atoms with Crippen LogP contribution in [0.3, 0.4) is 0 Å². The van der Waals surface area contributed by atoms with Crippen LogP contribution in [0, 0.1) is 0 Å². The van der Waals surface area contributed by atoms with E-state index in [1.54, 1.807) is 30.3 Å². The van der Waals surface area contributed by atoms with Crippen molar-refractivity contribution in [3.05, 3.63) is 59.1 Å². The second-order valence-electron chi connectivity index (χ2n) is 5.03. The fourth-order valence-electron chi connectivity index (χ4n) is 2.60. The summed E-state index contributed by atoms with van der Waals surface area (Å²) in [6, 6.07) is 13.2. The van der Waals surface area contributed by atoms with Crippen molar-refractivity contribution in [1.29, 1.82) is 0 Å². The van der Waals surface area contributed by atoms with Crippen molar-refractivity contribution in [1.82, 2.24) is 0 Å². The van der Waals surface area contributed by atoms with Crippen molar-refractivity contribution in [3.63, 3.8) is 0 Å². The minimum Gasteiger partial charge on any atom is -0.368 e. The molecule has 0 fully saturated rings. The van der Waals surface area contributed by atoms with Crippen LogP contribution >= 0.6 is 11.6 Å². The zero-order valence-corrected chi connectivity index (χ0v) is 12.4. The molecule has 5 nitrogen and oxygen atoms in total. The highest BCUT2D eigenvalue weighted by molar-refractivity contribution is 6.33. The van der Waals surface area contributed by atoms with Gasteiger partial charge in [-0.2, -0.15) is 0 Å². The highest BCUT2D eigenvalue weighted by Crippen LogP contribution is 2.33. The highest BCUT2D eigenvalue weighted by Gasteiger charge is 2.37. The number of urea groups is 1. The molecule has 1 aliphatic heterocycles. The number of hydrogen-bond acceptors (Lipinski definition) is 2. The van der Waals surface area contributed by atoms with Crippen LogP contribution in [-0.4, -0.2) is 18.0 Å². The molecule has 112 valence electrons. The van der Waals surface area contributed by atoms with E-state index in [4.69, 9.17) is 17.3 Å². The molecule has 0 aromatic heterocycles. The number of nitrogens with two attached hydrogens (primary N) is 1. The lowest BCUT2D eigenvalue weighted by Gasteiger charge is -2.23. The average Bonchev–Trinajstić information content (AvgIpc) is 2.89. The number of anilines is 2. The smallest absolute Gasteiger partial charge is 0.327 e. The molecule has 1 atom stereocenters. The van der Waals surface area contributed by atoms with Gasteiger partial charge in [-0.15, -0.1) is 0 Å². The van der Waals surface area contributed by atoms with Gasteiger partial charge >= 0.3 is 6.03 Å². The van der Waals surface area contributed by atoms with Gasteiger partial charge in [0, 0.05) is 12.1 Å². The topological polar surface area (TPSA) is 75.4 Å². The third kappa shape index (κ3) is 2.51. The van der Waals surface area contributed by atoms with E-state index < -0.39 is 18.0 Å². The molecule has 0 aliphatic carbocycles. The summed E-state index contributed by atoms with van der Waals surface area (Å²) in [5, 5.41) is 3.15. The van der Waals surface area contributed by atoms with E-state index in [-0.39, 0.29) is 0 Å². The Morgan fingerprint density at radius 3 is 2.55 bits per heavy atom. The largest absolute Gasteiger partial charge is 0.368 e. The number of nitrogens with one attached hydrogen (secondary N) is 1. The molecule has 2 aromatic carbocycles. The van der Waals surface area contributed by atoms with Crippen LogP contribution in [0.1, 0.15) is 5.56 Å². The Morgan fingerprint density at radius 2 is 1.82 bits per heavy atom. The summed E-state index contributed by atoms with van der Waals surface area (Å²) in [4.78, 5) is 25.7. The molecule has 22 heavy (non-hydrogen) atoms. The number of fused-ring (bicyclic) bond motifs is 1. The maximum atomic E-state index is 12.6. The predicted octanol–water partition coefficient (Wildman–Crippen LogP) is 2.79. The second-order valence-corrected chi connectivity index (χ2v) is 5.44. The molecule has 0 saturated heterocycles. The third-order valence-corrected chi connectivity index (χ3v) is 3.97. The first-order chi connectivity index (χ1) is 10.6. The number of rotatable bonds is 2. The molecule has 1 heterocycles. The van der Waals surface area contributed by atoms with E-state index in [0.717, 1.165) is 5.56 Å². The summed E-state index contributed by atoms with van der Waals surface area (Å²) >= 11 is 6.05.